The predicted octanol–water partition coefficient (Wildman–Crippen LogP) is 3.28. The molecule has 42 heavy (non-hydrogen) atoms. The number of methoxy groups -OCH3 is 1. The van der Waals surface area contributed by atoms with Crippen LogP contribution in [0.2, 0.25) is 0 Å². The second-order valence-electron chi connectivity index (χ2n) is 8.53. The Hall–Kier alpha value is -4.17. The quantitative estimate of drug-likeness (QED) is 0.126. The van der Waals surface area contributed by atoms with Gasteiger partial charge in [0.15, 0.2) is 29.8 Å². The van der Waals surface area contributed by atoms with E-state index in [0.29, 0.717) is 43.5 Å². The van der Waals surface area contributed by atoms with E-state index in [1.54, 1.807) is 57.2 Å². The van der Waals surface area contributed by atoms with E-state index in [0.717, 1.165) is 0 Å². The molecule has 1 heterocycles. The van der Waals surface area contributed by atoms with Gasteiger partial charge in [0, 0.05) is 21.3 Å². The second kappa shape index (κ2) is 15.7. The van der Waals surface area contributed by atoms with Crippen molar-refractivity contribution in [3.63, 3.8) is 0 Å². The number of esters is 2. The van der Waals surface area contributed by atoms with Gasteiger partial charge in [0.05, 0.1) is 38.2 Å². The lowest BCUT2D eigenvalue weighted by atomic mass is 9.95. The van der Waals surface area contributed by atoms with Crippen molar-refractivity contribution in [3.8, 4) is 17.2 Å². The molecule has 0 aliphatic carbocycles. The maximum absolute atomic E-state index is 12.7. The molecule has 1 atom stereocenters. The molecule has 0 bridgehead atoms. The van der Waals surface area contributed by atoms with Crippen LogP contribution in [-0.4, -0.2) is 62.7 Å². The van der Waals surface area contributed by atoms with E-state index < -0.39 is 23.9 Å². The van der Waals surface area contributed by atoms with Crippen LogP contribution in [0, 0.1) is 0 Å². The third kappa shape index (κ3) is 8.66. The van der Waals surface area contributed by atoms with E-state index in [1.807, 2.05) is 0 Å². The molecule has 12 nitrogen and oxygen atoms in total. The van der Waals surface area contributed by atoms with Gasteiger partial charge < -0.3 is 34.3 Å². The van der Waals surface area contributed by atoms with Crippen LogP contribution >= 0.6 is 28.1 Å². The zero-order valence-corrected chi connectivity index (χ0v) is 25.8. The first kappa shape index (κ1) is 32.3. The molecule has 0 aromatic heterocycles. The molecule has 0 fully saturated rings. The first-order chi connectivity index (χ1) is 20.2. The summed E-state index contributed by atoms with van der Waals surface area (Å²) in [6.07, 6.45) is 1.35. The van der Waals surface area contributed by atoms with Gasteiger partial charge in [-0.2, -0.15) is 5.10 Å². The van der Waals surface area contributed by atoms with Crippen LogP contribution < -0.4 is 30.3 Å². The fourth-order valence-electron chi connectivity index (χ4n) is 3.93. The summed E-state index contributed by atoms with van der Waals surface area (Å²) in [6, 6.07) is 9.65. The third-order valence-electron chi connectivity index (χ3n) is 5.65. The van der Waals surface area contributed by atoms with Gasteiger partial charge in [0.25, 0.3) is 5.91 Å². The highest BCUT2D eigenvalue weighted by molar-refractivity contribution is 9.10. The topological polar surface area (TPSA) is 146 Å². The van der Waals surface area contributed by atoms with Crippen LogP contribution in [-0.2, 0) is 23.9 Å². The molecule has 1 aliphatic rings. The highest BCUT2D eigenvalue weighted by Crippen LogP contribution is 2.35. The van der Waals surface area contributed by atoms with E-state index in [2.05, 4.69) is 37.1 Å². The Morgan fingerprint density at radius 3 is 2.52 bits per heavy atom. The summed E-state index contributed by atoms with van der Waals surface area (Å²) in [6.45, 7) is 4.86. The van der Waals surface area contributed by atoms with Gasteiger partial charge in [-0.3, -0.25) is 4.79 Å². The summed E-state index contributed by atoms with van der Waals surface area (Å²) >= 11 is 8.69. The van der Waals surface area contributed by atoms with Crippen molar-refractivity contribution in [2.75, 3.05) is 33.5 Å². The Balaban J connectivity index is 1.72. The number of carbonyl (C=O) groups excluding carboxylic acids is 3. The van der Waals surface area contributed by atoms with E-state index in [1.165, 1.54) is 13.3 Å². The van der Waals surface area contributed by atoms with Crippen LogP contribution in [0.3, 0.4) is 0 Å². The van der Waals surface area contributed by atoms with E-state index in [-0.39, 0.29) is 32.2 Å². The minimum atomic E-state index is -0.658. The number of carbonyl (C=O) groups is 3. The molecule has 0 unspecified atom stereocenters. The van der Waals surface area contributed by atoms with Crippen molar-refractivity contribution in [1.82, 2.24) is 16.1 Å². The molecule has 1 amide bonds. The number of halogens is 1. The SMILES string of the molecule is CCOC(=O)COc1c(C=NNC(=O)COc2ccccc2[C@H]2NC(=S)NC(C)=C2C(=O)OCC)cc(Br)cc1OC. The molecule has 0 radical (unpaired) electrons. The molecule has 3 N–H and O–H groups in total. The average Bonchev–Trinajstić information content (AvgIpc) is 2.95. The Morgan fingerprint density at radius 1 is 1.07 bits per heavy atom. The maximum atomic E-state index is 12.7. The monoisotopic (exact) mass is 662 g/mol. The molecule has 2 aromatic carbocycles. The fourth-order valence-corrected chi connectivity index (χ4v) is 4.66. The van der Waals surface area contributed by atoms with Gasteiger partial charge in [0.2, 0.25) is 0 Å². The number of hydrogen-bond acceptors (Lipinski definition) is 10. The molecule has 3 rings (SSSR count). The van der Waals surface area contributed by atoms with E-state index in [9.17, 15) is 14.4 Å². The lowest BCUT2D eigenvalue weighted by Gasteiger charge is -2.30. The summed E-state index contributed by atoms with van der Waals surface area (Å²) in [7, 11) is 1.45. The van der Waals surface area contributed by atoms with Crippen LogP contribution in [0.25, 0.3) is 0 Å². The van der Waals surface area contributed by atoms with Crippen molar-refractivity contribution >= 4 is 57.3 Å². The van der Waals surface area contributed by atoms with Crippen LogP contribution in [0.4, 0.5) is 0 Å². The van der Waals surface area contributed by atoms with Crippen molar-refractivity contribution in [2.45, 2.75) is 26.8 Å². The number of para-hydroxylation sites is 1. The summed E-state index contributed by atoms with van der Waals surface area (Å²) in [4.78, 5) is 37.1. The average molecular weight is 664 g/mol. The van der Waals surface area contributed by atoms with Crippen molar-refractivity contribution < 1.29 is 38.1 Å². The Bertz CT molecular complexity index is 1400. The van der Waals surface area contributed by atoms with Gasteiger partial charge in [-0.05, 0) is 51.2 Å². The largest absolute Gasteiger partial charge is 0.493 e. The van der Waals surface area contributed by atoms with Crippen molar-refractivity contribution in [2.24, 2.45) is 5.10 Å². The normalized spacial score (nSPS) is 14.5. The number of benzene rings is 2. The molecule has 0 saturated heterocycles. The Labute approximate surface area is 256 Å². The number of nitrogens with one attached hydrogen (secondary N) is 3. The molecule has 2 aromatic rings. The zero-order valence-electron chi connectivity index (χ0n) is 23.4. The van der Waals surface area contributed by atoms with E-state index >= 15 is 0 Å². The maximum Gasteiger partial charge on any atom is 0.344 e. The summed E-state index contributed by atoms with van der Waals surface area (Å²) in [5.41, 5.74) is 4.32. The Kier molecular flexibility index (Phi) is 12.1. The number of thiocarbonyl (C=S) groups is 1. The number of nitrogens with zero attached hydrogens (tertiary/aromatic N) is 1. The number of hydrogen-bond donors (Lipinski definition) is 3. The highest BCUT2D eigenvalue weighted by Gasteiger charge is 2.32. The fraction of sp³-hybridized carbons (Fsp3) is 0.321. The molecule has 14 heteroatoms. The molecule has 0 saturated carbocycles. The lowest BCUT2D eigenvalue weighted by molar-refractivity contribution is -0.145. The minimum absolute atomic E-state index is 0.206. The van der Waals surface area contributed by atoms with Gasteiger partial charge in [-0.25, -0.2) is 15.0 Å². The first-order valence-corrected chi connectivity index (χ1v) is 14.0. The van der Waals surface area contributed by atoms with Crippen LogP contribution in [0.5, 0.6) is 17.2 Å². The summed E-state index contributed by atoms with van der Waals surface area (Å²) in [5, 5.41) is 10.4. The molecular weight excluding hydrogens is 632 g/mol. The number of hydrazone groups is 1. The van der Waals surface area contributed by atoms with Crippen molar-refractivity contribution in [3.05, 3.63) is 63.3 Å². The Morgan fingerprint density at radius 2 is 1.81 bits per heavy atom. The lowest BCUT2D eigenvalue weighted by Crippen LogP contribution is -2.45. The zero-order chi connectivity index (χ0) is 30.6. The van der Waals surface area contributed by atoms with Gasteiger partial charge in [-0.15, -0.1) is 0 Å². The highest BCUT2D eigenvalue weighted by atomic mass is 79.9. The van der Waals surface area contributed by atoms with Crippen molar-refractivity contribution in [1.29, 1.82) is 0 Å². The minimum Gasteiger partial charge on any atom is -0.493 e. The number of ether oxygens (including phenoxy) is 5. The van der Waals surface area contributed by atoms with Gasteiger partial charge >= 0.3 is 11.9 Å². The first-order valence-electron chi connectivity index (χ1n) is 12.8. The predicted molar refractivity (Wildman–Crippen MR) is 161 cm³/mol. The molecule has 0 spiro atoms. The number of allylic oxidation sites excluding steroid dienone is 1. The van der Waals surface area contributed by atoms with Crippen LogP contribution in [0.15, 0.2) is 57.2 Å². The molecule has 1 aliphatic heterocycles. The van der Waals surface area contributed by atoms with Gasteiger partial charge in [-0.1, -0.05) is 34.1 Å². The molecule has 224 valence electrons. The molecular formula is C28H31BrN4O8S. The standard InChI is InChI=1S/C28H31BrN4O8S/c1-5-38-23(35)15-41-26-17(11-18(29)12-21(26)37-4)13-30-33-22(34)14-40-20-10-8-7-9-19(20)25-24(27(36)39-6-2)16(3)31-28(42)32-25/h7-13,25H,5-6,14-15H2,1-4H3,(H,33,34)(H2,31,32,42)/t25-/m1/s1. The summed E-state index contributed by atoms with van der Waals surface area (Å²) in [5.74, 6) is -0.649. The number of rotatable bonds is 13. The summed E-state index contributed by atoms with van der Waals surface area (Å²) < 4.78 is 27.6. The van der Waals surface area contributed by atoms with Crippen LogP contribution in [0.1, 0.15) is 37.9 Å². The second-order valence-corrected chi connectivity index (χ2v) is 9.85. The number of amides is 1. The van der Waals surface area contributed by atoms with E-state index in [4.69, 9.17) is 35.9 Å². The van der Waals surface area contributed by atoms with Gasteiger partial charge in [0.1, 0.15) is 5.75 Å². The third-order valence-corrected chi connectivity index (χ3v) is 6.33. The smallest absolute Gasteiger partial charge is 0.344 e.